The molecule has 0 radical (unpaired) electrons. The van der Waals surface area contributed by atoms with Crippen molar-refractivity contribution in [1.29, 1.82) is 0 Å². The Labute approximate surface area is 129 Å². The number of amides is 2. The van der Waals surface area contributed by atoms with Crippen molar-refractivity contribution < 1.29 is 9.90 Å². The van der Waals surface area contributed by atoms with Crippen LogP contribution in [-0.4, -0.2) is 23.8 Å². The van der Waals surface area contributed by atoms with Gasteiger partial charge in [0, 0.05) is 23.6 Å². The molecular formula is C16H19ClN2O2. The summed E-state index contributed by atoms with van der Waals surface area (Å²) in [4.78, 5) is 12.1. The van der Waals surface area contributed by atoms with Crippen molar-refractivity contribution in [3.63, 3.8) is 0 Å². The maximum absolute atomic E-state index is 12.1. The zero-order valence-electron chi connectivity index (χ0n) is 11.7. The molecule has 3 atom stereocenters. The van der Waals surface area contributed by atoms with Crippen LogP contribution in [0.2, 0.25) is 5.02 Å². The monoisotopic (exact) mass is 306 g/mol. The highest BCUT2D eigenvalue weighted by atomic mass is 35.5. The molecule has 0 fully saturated rings. The number of fused-ring (bicyclic) bond motifs is 1. The minimum atomic E-state index is -0.166. The highest BCUT2D eigenvalue weighted by Crippen LogP contribution is 2.35. The number of rotatable bonds is 3. The maximum Gasteiger partial charge on any atom is 0.315 e. The van der Waals surface area contributed by atoms with Crippen LogP contribution in [0.25, 0.3) is 0 Å². The van der Waals surface area contributed by atoms with Crippen molar-refractivity contribution in [3.8, 4) is 0 Å². The molecule has 21 heavy (non-hydrogen) atoms. The SMILES string of the molecule is O=C(NC1CCc2c(Cl)cccc21)N[C@@H]1C=C[C@H](CO)C1. The third kappa shape index (κ3) is 3.06. The molecular weight excluding hydrogens is 288 g/mol. The van der Waals surface area contributed by atoms with Crippen LogP contribution in [0.5, 0.6) is 0 Å². The molecule has 112 valence electrons. The third-order valence-corrected chi connectivity index (χ3v) is 4.60. The summed E-state index contributed by atoms with van der Waals surface area (Å²) in [6.45, 7) is 0.130. The summed E-state index contributed by atoms with van der Waals surface area (Å²) in [7, 11) is 0. The summed E-state index contributed by atoms with van der Waals surface area (Å²) in [5.74, 6) is 0.154. The second kappa shape index (κ2) is 6.08. The summed E-state index contributed by atoms with van der Waals surface area (Å²) in [5.41, 5.74) is 2.26. The number of urea groups is 1. The lowest BCUT2D eigenvalue weighted by Crippen LogP contribution is -2.42. The molecule has 3 N–H and O–H groups in total. The van der Waals surface area contributed by atoms with Gasteiger partial charge in [0.1, 0.15) is 0 Å². The molecule has 3 rings (SSSR count). The number of hydrogen-bond acceptors (Lipinski definition) is 2. The van der Waals surface area contributed by atoms with E-state index in [9.17, 15) is 4.79 Å². The van der Waals surface area contributed by atoms with Crippen LogP contribution in [0.3, 0.4) is 0 Å². The smallest absolute Gasteiger partial charge is 0.315 e. The Kier molecular flexibility index (Phi) is 4.17. The fraction of sp³-hybridized carbons (Fsp3) is 0.438. The molecule has 1 aromatic carbocycles. The van der Waals surface area contributed by atoms with Gasteiger partial charge in [-0.25, -0.2) is 4.79 Å². The number of hydrogen-bond donors (Lipinski definition) is 3. The highest BCUT2D eigenvalue weighted by Gasteiger charge is 2.26. The lowest BCUT2D eigenvalue weighted by atomic mass is 10.1. The minimum Gasteiger partial charge on any atom is -0.396 e. The molecule has 1 aromatic rings. The predicted octanol–water partition coefficient (Wildman–Crippen LogP) is 2.56. The summed E-state index contributed by atoms with van der Waals surface area (Å²) in [6.07, 6.45) is 6.44. The van der Waals surface area contributed by atoms with E-state index < -0.39 is 0 Å². The Balaban J connectivity index is 1.58. The van der Waals surface area contributed by atoms with Gasteiger partial charge in [-0.1, -0.05) is 35.9 Å². The van der Waals surface area contributed by atoms with Crippen LogP contribution >= 0.6 is 11.6 Å². The molecule has 5 heteroatoms. The van der Waals surface area contributed by atoms with E-state index in [0.29, 0.717) is 0 Å². The van der Waals surface area contributed by atoms with E-state index in [0.717, 1.165) is 35.4 Å². The molecule has 0 spiro atoms. The number of aliphatic hydroxyl groups is 1. The molecule has 1 unspecified atom stereocenters. The average Bonchev–Trinajstić information content (AvgIpc) is 3.07. The van der Waals surface area contributed by atoms with Crippen LogP contribution in [-0.2, 0) is 6.42 Å². The van der Waals surface area contributed by atoms with E-state index in [1.807, 2.05) is 30.4 Å². The standard InChI is InChI=1S/C16H19ClN2O2/c17-14-3-1-2-13-12(14)6-7-15(13)19-16(21)18-11-5-4-10(8-11)9-20/h1-5,10-11,15,20H,6-9H2,(H2,18,19,21)/t10-,11+,15?/m0/s1. The van der Waals surface area contributed by atoms with Crippen LogP contribution in [0, 0.1) is 5.92 Å². The van der Waals surface area contributed by atoms with E-state index in [1.165, 1.54) is 0 Å². The van der Waals surface area contributed by atoms with Gasteiger partial charge in [0.2, 0.25) is 0 Å². The van der Waals surface area contributed by atoms with Crippen molar-refractivity contribution in [2.45, 2.75) is 31.3 Å². The Morgan fingerprint density at radius 2 is 2.19 bits per heavy atom. The normalized spacial score (nSPS) is 26.7. The van der Waals surface area contributed by atoms with Gasteiger partial charge in [-0.15, -0.1) is 0 Å². The van der Waals surface area contributed by atoms with E-state index in [1.54, 1.807) is 0 Å². The molecule has 0 bridgehead atoms. The number of nitrogens with one attached hydrogen (secondary N) is 2. The van der Waals surface area contributed by atoms with Crippen molar-refractivity contribution in [3.05, 3.63) is 46.5 Å². The van der Waals surface area contributed by atoms with Crippen molar-refractivity contribution >= 4 is 17.6 Å². The Morgan fingerprint density at radius 1 is 1.33 bits per heavy atom. The van der Waals surface area contributed by atoms with E-state index in [4.69, 9.17) is 16.7 Å². The van der Waals surface area contributed by atoms with Gasteiger partial charge < -0.3 is 15.7 Å². The summed E-state index contributed by atoms with van der Waals surface area (Å²) >= 11 is 6.18. The second-order valence-electron chi connectivity index (χ2n) is 5.69. The average molecular weight is 307 g/mol. The molecule has 2 amide bonds. The van der Waals surface area contributed by atoms with Crippen molar-refractivity contribution in [2.75, 3.05) is 6.61 Å². The zero-order chi connectivity index (χ0) is 14.8. The van der Waals surface area contributed by atoms with Gasteiger partial charge in [0.25, 0.3) is 0 Å². The van der Waals surface area contributed by atoms with E-state index in [2.05, 4.69) is 10.6 Å². The molecule has 0 aromatic heterocycles. The fourth-order valence-corrected chi connectivity index (χ4v) is 3.42. The van der Waals surface area contributed by atoms with Crippen LogP contribution < -0.4 is 10.6 Å². The number of aliphatic hydroxyl groups excluding tert-OH is 1. The number of carbonyl (C=O) groups is 1. The summed E-state index contributed by atoms with van der Waals surface area (Å²) in [5, 5.41) is 15.8. The van der Waals surface area contributed by atoms with Gasteiger partial charge in [0.15, 0.2) is 0 Å². The van der Waals surface area contributed by atoms with Crippen molar-refractivity contribution in [2.24, 2.45) is 5.92 Å². The molecule has 2 aliphatic rings. The Hall–Kier alpha value is -1.52. The number of halogens is 1. The number of benzene rings is 1. The molecule has 0 heterocycles. The topological polar surface area (TPSA) is 61.4 Å². The van der Waals surface area contributed by atoms with E-state index in [-0.39, 0.29) is 30.6 Å². The lowest BCUT2D eigenvalue weighted by Gasteiger charge is -2.18. The molecule has 2 aliphatic carbocycles. The molecule has 4 nitrogen and oxygen atoms in total. The maximum atomic E-state index is 12.1. The second-order valence-corrected chi connectivity index (χ2v) is 6.09. The lowest BCUT2D eigenvalue weighted by molar-refractivity contribution is 0.228. The van der Waals surface area contributed by atoms with Gasteiger partial charge >= 0.3 is 6.03 Å². The Morgan fingerprint density at radius 3 is 2.95 bits per heavy atom. The minimum absolute atomic E-state index is 0.00221. The van der Waals surface area contributed by atoms with Crippen LogP contribution in [0.15, 0.2) is 30.4 Å². The summed E-state index contributed by atoms with van der Waals surface area (Å²) in [6, 6.07) is 5.70. The molecule has 0 aliphatic heterocycles. The van der Waals surface area contributed by atoms with Gasteiger partial charge in [0.05, 0.1) is 6.04 Å². The zero-order valence-corrected chi connectivity index (χ0v) is 12.4. The molecule has 0 saturated heterocycles. The number of carbonyl (C=O) groups excluding carboxylic acids is 1. The Bertz CT molecular complexity index is 573. The van der Waals surface area contributed by atoms with Crippen molar-refractivity contribution in [1.82, 2.24) is 10.6 Å². The quantitative estimate of drug-likeness (QED) is 0.752. The van der Waals surface area contributed by atoms with Gasteiger partial charge in [-0.2, -0.15) is 0 Å². The largest absolute Gasteiger partial charge is 0.396 e. The van der Waals surface area contributed by atoms with Crippen LogP contribution in [0.1, 0.15) is 30.0 Å². The predicted molar refractivity (Wildman–Crippen MR) is 82.3 cm³/mol. The first kappa shape index (κ1) is 14.4. The fourth-order valence-electron chi connectivity index (χ4n) is 3.14. The van der Waals surface area contributed by atoms with Crippen LogP contribution in [0.4, 0.5) is 4.79 Å². The third-order valence-electron chi connectivity index (χ3n) is 4.24. The highest BCUT2D eigenvalue weighted by molar-refractivity contribution is 6.31. The first-order chi connectivity index (χ1) is 10.2. The molecule has 0 saturated carbocycles. The van der Waals surface area contributed by atoms with E-state index >= 15 is 0 Å². The van der Waals surface area contributed by atoms with Gasteiger partial charge in [-0.3, -0.25) is 0 Å². The first-order valence-electron chi connectivity index (χ1n) is 7.31. The van der Waals surface area contributed by atoms with Gasteiger partial charge in [-0.05, 0) is 36.5 Å². The first-order valence-corrected chi connectivity index (χ1v) is 7.68. The summed E-state index contributed by atoms with van der Waals surface area (Å²) < 4.78 is 0.